The average molecular weight is 234 g/mol. The number of carbonyl (C=O) groups excluding carboxylic acids is 1. The molecule has 0 atom stereocenters. The maximum absolute atomic E-state index is 11.5. The quantitative estimate of drug-likeness (QED) is 0.470. The number of hydrogen-bond acceptors (Lipinski definition) is 6. The third-order valence-electron chi connectivity index (χ3n) is 1.97. The van der Waals surface area contributed by atoms with Gasteiger partial charge in [-0.3, -0.25) is 5.43 Å². The van der Waals surface area contributed by atoms with Crippen LogP contribution in [0.3, 0.4) is 0 Å². The summed E-state index contributed by atoms with van der Waals surface area (Å²) in [6.07, 6.45) is 1.10. The van der Waals surface area contributed by atoms with Crippen LogP contribution in [-0.2, 0) is 4.74 Å². The summed E-state index contributed by atoms with van der Waals surface area (Å²) in [5.41, 5.74) is 4.50. The number of aryl methyl sites for hydroxylation is 1. The third kappa shape index (κ3) is 3.37. The first-order valence-electron chi connectivity index (χ1n) is 4.95. The van der Waals surface area contributed by atoms with Crippen molar-refractivity contribution in [2.45, 2.75) is 13.8 Å². The summed E-state index contributed by atoms with van der Waals surface area (Å²) in [7, 11) is 1.29. The maximum atomic E-state index is 11.5. The van der Waals surface area contributed by atoms with Crippen LogP contribution < -0.4 is 5.43 Å². The highest BCUT2D eigenvalue weighted by atomic mass is 16.5. The molecule has 0 aliphatic carbocycles. The van der Waals surface area contributed by atoms with E-state index in [0.717, 1.165) is 6.21 Å². The van der Waals surface area contributed by atoms with Crippen molar-refractivity contribution in [2.24, 2.45) is 5.10 Å². The van der Waals surface area contributed by atoms with Crippen LogP contribution in [0.5, 0.6) is 0 Å². The van der Waals surface area contributed by atoms with Gasteiger partial charge < -0.3 is 10.1 Å². The second kappa shape index (κ2) is 5.74. The predicted molar refractivity (Wildman–Crippen MR) is 65.8 cm³/mol. The minimum absolute atomic E-state index is 0.175. The fraction of sp³-hybridized carbons (Fsp3) is 0.273. The van der Waals surface area contributed by atoms with E-state index in [2.05, 4.69) is 20.2 Å². The van der Waals surface area contributed by atoms with Gasteiger partial charge in [-0.15, -0.1) is 0 Å². The van der Waals surface area contributed by atoms with Crippen LogP contribution in [0.2, 0.25) is 0 Å². The number of methoxy groups -OCH3 is 1. The van der Waals surface area contributed by atoms with Crippen molar-refractivity contribution in [2.75, 3.05) is 12.5 Å². The minimum Gasteiger partial charge on any atom is -0.464 e. The Kier molecular flexibility index (Phi) is 4.33. The molecular weight excluding hydrogens is 220 g/mol. The summed E-state index contributed by atoms with van der Waals surface area (Å²) in [4.78, 5) is 15.6. The van der Waals surface area contributed by atoms with E-state index in [1.54, 1.807) is 26.0 Å². The summed E-state index contributed by atoms with van der Waals surface area (Å²) < 4.78 is 4.63. The van der Waals surface area contributed by atoms with E-state index in [1.165, 1.54) is 7.11 Å². The fourth-order valence-corrected chi connectivity index (χ4v) is 1.08. The number of esters is 1. The van der Waals surface area contributed by atoms with E-state index >= 15 is 0 Å². The number of pyridine rings is 1. The topological polar surface area (TPSA) is 87.4 Å². The van der Waals surface area contributed by atoms with Crippen LogP contribution >= 0.6 is 0 Å². The number of nitrogens with one attached hydrogen (secondary N) is 2. The zero-order valence-electron chi connectivity index (χ0n) is 9.94. The molecule has 0 saturated carbocycles. The van der Waals surface area contributed by atoms with Gasteiger partial charge in [-0.05, 0) is 26.0 Å². The Morgan fingerprint density at radius 1 is 1.59 bits per heavy atom. The van der Waals surface area contributed by atoms with E-state index in [9.17, 15) is 4.79 Å². The molecule has 90 valence electrons. The van der Waals surface area contributed by atoms with Crippen molar-refractivity contribution in [1.82, 2.24) is 4.98 Å². The minimum atomic E-state index is -0.529. The number of nitrogens with zero attached hydrogens (tertiary/aromatic N) is 2. The van der Waals surface area contributed by atoms with Crippen molar-refractivity contribution in [3.05, 3.63) is 23.5 Å². The first kappa shape index (κ1) is 12.8. The number of rotatable bonds is 4. The monoisotopic (exact) mass is 234 g/mol. The van der Waals surface area contributed by atoms with Gasteiger partial charge in [0.1, 0.15) is 0 Å². The lowest BCUT2D eigenvalue weighted by molar-refractivity contribution is 0.0595. The van der Waals surface area contributed by atoms with Gasteiger partial charge in [0.2, 0.25) is 0 Å². The van der Waals surface area contributed by atoms with Crippen molar-refractivity contribution < 1.29 is 9.53 Å². The van der Waals surface area contributed by atoms with E-state index in [0.29, 0.717) is 17.1 Å². The molecule has 1 rings (SSSR count). The maximum Gasteiger partial charge on any atom is 0.358 e. The highest BCUT2D eigenvalue weighted by Gasteiger charge is 2.13. The largest absolute Gasteiger partial charge is 0.464 e. The Morgan fingerprint density at radius 2 is 2.29 bits per heavy atom. The molecule has 0 fully saturated rings. The summed E-state index contributed by atoms with van der Waals surface area (Å²) in [5, 5.41) is 10.9. The van der Waals surface area contributed by atoms with Crippen molar-refractivity contribution in [1.29, 1.82) is 5.41 Å². The molecule has 0 bridgehead atoms. The molecule has 6 nitrogen and oxygen atoms in total. The Bertz CT molecular complexity index is 469. The molecule has 6 heteroatoms. The molecule has 17 heavy (non-hydrogen) atoms. The second-order valence-electron chi connectivity index (χ2n) is 3.35. The van der Waals surface area contributed by atoms with E-state index in [4.69, 9.17) is 5.41 Å². The van der Waals surface area contributed by atoms with Gasteiger partial charge in [-0.25, -0.2) is 9.78 Å². The molecule has 2 N–H and O–H groups in total. The van der Waals surface area contributed by atoms with E-state index in [1.807, 2.05) is 0 Å². The number of ether oxygens (including phenoxy) is 1. The first-order chi connectivity index (χ1) is 8.08. The zero-order chi connectivity index (χ0) is 12.8. The highest BCUT2D eigenvalue weighted by molar-refractivity contribution is 6.28. The number of carbonyl (C=O) groups is 1. The second-order valence-corrected chi connectivity index (χ2v) is 3.35. The first-order valence-corrected chi connectivity index (χ1v) is 4.95. The molecule has 1 heterocycles. The molecular formula is C11H14N4O2. The lowest BCUT2D eigenvalue weighted by Gasteiger charge is -2.07. The number of aromatic nitrogens is 1. The van der Waals surface area contributed by atoms with Crippen LogP contribution in [0.25, 0.3) is 0 Å². The molecule has 0 amide bonds. The molecule has 1 aromatic heterocycles. The van der Waals surface area contributed by atoms with Gasteiger partial charge in [0, 0.05) is 11.9 Å². The highest BCUT2D eigenvalue weighted by Crippen LogP contribution is 2.14. The fourth-order valence-electron chi connectivity index (χ4n) is 1.08. The normalized spacial score (nSPS) is 10.9. The Hall–Kier alpha value is -2.24. The average Bonchev–Trinajstić information content (AvgIpc) is 2.35. The lowest BCUT2D eigenvalue weighted by Crippen LogP contribution is -2.09. The SMILES string of the molecule is COC(=O)c1nc(C)ccc1N/N=C(/C)C=N. The standard InChI is InChI=1S/C11H14N4O2/c1-7-4-5-9(15-14-8(2)6-12)10(13-7)11(16)17-3/h4-6,12,15H,1-3H3/b12-6?,14-8-. The lowest BCUT2D eigenvalue weighted by atomic mass is 10.2. The third-order valence-corrected chi connectivity index (χ3v) is 1.97. The predicted octanol–water partition coefficient (Wildman–Crippen LogP) is 1.61. The molecule has 0 aliphatic heterocycles. The number of hydrazone groups is 1. The molecule has 1 aromatic rings. The van der Waals surface area contributed by atoms with Crippen molar-refractivity contribution in [3.63, 3.8) is 0 Å². The molecule has 0 aromatic carbocycles. The smallest absolute Gasteiger partial charge is 0.358 e. The van der Waals surface area contributed by atoms with Gasteiger partial charge in [-0.1, -0.05) is 0 Å². The van der Waals surface area contributed by atoms with Gasteiger partial charge in [-0.2, -0.15) is 5.10 Å². The number of hydrogen-bond donors (Lipinski definition) is 2. The van der Waals surface area contributed by atoms with Gasteiger partial charge in [0.15, 0.2) is 5.69 Å². The van der Waals surface area contributed by atoms with E-state index < -0.39 is 5.97 Å². The number of anilines is 1. The summed E-state index contributed by atoms with van der Waals surface area (Å²) in [6, 6.07) is 3.44. The Morgan fingerprint density at radius 3 is 2.88 bits per heavy atom. The molecule has 0 saturated heterocycles. The van der Waals surface area contributed by atoms with Crippen LogP contribution in [-0.4, -0.2) is 30.0 Å². The van der Waals surface area contributed by atoms with Crippen LogP contribution in [0.4, 0.5) is 5.69 Å². The van der Waals surface area contributed by atoms with Gasteiger partial charge >= 0.3 is 5.97 Å². The molecule has 0 radical (unpaired) electrons. The Balaban J connectivity index is 3.06. The Labute approximate surface area is 99.2 Å². The van der Waals surface area contributed by atoms with Crippen LogP contribution in [0, 0.1) is 12.3 Å². The summed E-state index contributed by atoms with van der Waals surface area (Å²) >= 11 is 0. The molecule has 0 aliphatic rings. The van der Waals surface area contributed by atoms with Crippen molar-refractivity contribution >= 4 is 23.6 Å². The van der Waals surface area contributed by atoms with Gasteiger partial charge in [0.25, 0.3) is 0 Å². The molecule has 0 unspecified atom stereocenters. The van der Waals surface area contributed by atoms with Crippen LogP contribution in [0.1, 0.15) is 23.1 Å². The summed E-state index contributed by atoms with van der Waals surface area (Å²) in [5.74, 6) is -0.529. The zero-order valence-corrected chi connectivity index (χ0v) is 9.94. The van der Waals surface area contributed by atoms with Crippen molar-refractivity contribution in [3.8, 4) is 0 Å². The van der Waals surface area contributed by atoms with Gasteiger partial charge in [0.05, 0.1) is 18.5 Å². The summed E-state index contributed by atoms with van der Waals surface area (Å²) in [6.45, 7) is 3.45. The molecule has 0 spiro atoms. The van der Waals surface area contributed by atoms with Crippen LogP contribution in [0.15, 0.2) is 17.2 Å². The van der Waals surface area contributed by atoms with E-state index in [-0.39, 0.29) is 5.69 Å².